The van der Waals surface area contributed by atoms with Gasteiger partial charge in [0.05, 0.1) is 9.26 Å². The van der Waals surface area contributed by atoms with E-state index in [4.69, 9.17) is 11.6 Å². The fourth-order valence-electron chi connectivity index (χ4n) is 1.38. The normalized spacial score (nSPS) is 10.6. The first-order valence-electron chi connectivity index (χ1n) is 4.71. The van der Waals surface area contributed by atoms with Gasteiger partial charge in [0.1, 0.15) is 5.82 Å². The molecule has 0 radical (unpaired) electrons. The molecule has 0 aliphatic heterocycles. The van der Waals surface area contributed by atoms with Crippen LogP contribution in [0.25, 0.3) is 11.4 Å². The van der Waals surface area contributed by atoms with Crippen LogP contribution in [0.1, 0.15) is 5.69 Å². The number of nitrogens with zero attached hydrogens (tertiary/aromatic N) is 1. The molecule has 0 aliphatic carbocycles. The Kier molecular flexibility index (Phi) is 3.89. The Bertz CT molecular complexity index is 642. The van der Waals surface area contributed by atoms with Crippen LogP contribution in [0.2, 0.25) is 5.02 Å². The van der Waals surface area contributed by atoms with E-state index in [0.29, 0.717) is 20.1 Å². The molecule has 17 heavy (non-hydrogen) atoms. The molecule has 0 amide bonds. The summed E-state index contributed by atoms with van der Waals surface area (Å²) in [6.07, 6.45) is 0. The number of nitrogens with one attached hydrogen (secondary N) is 1. The monoisotopic (exact) mass is 424 g/mol. The van der Waals surface area contributed by atoms with Crippen LogP contribution in [0.5, 0.6) is 0 Å². The molecule has 3 nitrogen and oxygen atoms in total. The number of aryl methyl sites for hydroxylation is 1. The van der Waals surface area contributed by atoms with Gasteiger partial charge in [0, 0.05) is 15.1 Å². The number of aromatic nitrogens is 2. The maximum atomic E-state index is 11.7. The Balaban J connectivity index is 2.65. The molecule has 0 fully saturated rings. The molecule has 1 aromatic heterocycles. The number of benzene rings is 1. The molecule has 88 valence electrons. The molecule has 1 aromatic carbocycles. The Labute approximate surface area is 125 Å². The Morgan fingerprint density at radius 1 is 1.47 bits per heavy atom. The molecule has 2 aromatic rings. The van der Waals surface area contributed by atoms with Crippen molar-refractivity contribution in [1.29, 1.82) is 0 Å². The van der Waals surface area contributed by atoms with Crippen molar-refractivity contribution in [3.8, 4) is 11.4 Å². The van der Waals surface area contributed by atoms with Crippen LogP contribution < -0.4 is 5.56 Å². The lowest BCUT2D eigenvalue weighted by Gasteiger charge is -2.06. The van der Waals surface area contributed by atoms with E-state index in [1.807, 2.05) is 35.6 Å². The predicted octanol–water partition coefficient (Wildman–Crippen LogP) is 3.77. The van der Waals surface area contributed by atoms with Gasteiger partial charge in [0.15, 0.2) is 0 Å². The van der Waals surface area contributed by atoms with Crippen molar-refractivity contribution >= 4 is 50.1 Å². The zero-order valence-electron chi connectivity index (χ0n) is 8.72. The fraction of sp³-hybridized carbons (Fsp3) is 0.0909. The molecule has 2 rings (SSSR count). The highest BCUT2D eigenvalue weighted by Crippen LogP contribution is 2.28. The average Bonchev–Trinajstić information content (AvgIpc) is 2.25. The molecule has 0 saturated carbocycles. The Morgan fingerprint density at radius 2 is 2.18 bits per heavy atom. The van der Waals surface area contributed by atoms with Crippen LogP contribution in [0.4, 0.5) is 0 Å². The minimum atomic E-state index is -0.130. The van der Waals surface area contributed by atoms with Gasteiger partial charge in [-0.05, 0) is 63.6 Å². The number of hydrogen-bond donors (Lipinski definition) is 1. The summed E-state index contributed by atoms with van der Waals surface area (Å²) in [5, 5.41) is 0.630. The first kappa shape index (κ1) is 13.0. The molecule has 1 heterocycles. The van der Waals surface area contributed by atoms with Gasteiger partial charge in [-0.2, -0.15) is 0 Å². The third-order valence-corrected chi connectivity index (χ3v) is 4.38. The van der Waals surface area contributed by atoms with E-state index in [1.165, 1.54) is 0 Å². The van der Waals surface area contributed by atoms with Gasteiger partial charge >= 0.3 is 0 Å². The third kappa shape index (κ3) is 2.71. The van der Waals surface area contributed by atoms with Gasteiger partial charge in [0.2, 0.25) is 0 Å². The second-order valence-corrected chi connectivity index (χ2v) is 5.81. The summed E-state index contributed by atoms with van der Waals surface area (Å²) in [6, 6.07) is 5.34. The topological polar surface area (TPSA) is 45.8 Å². The summed E-state index contributed by atoms with van der Waals surface area (Å²) >= 11 is 11.3. The second kappa shape index (κ2) is 5.07. The van der Waals surface area contributed by atoms with Gasteiger partial charge < -0.3 is 4.98 Å². The molecule has 0 unspecified atom stereocenters. The lowest BCUT2D eigenvalue weighted by molar-refractivity contribution is 1.05. The largest absolute Gasteiger partial charge is 0.306 e. The van der Waals surface area contributed by atoms with E-state index < -0.39 is 0 Å². The molecular weight excluding hydrogens is 418 g/mol. The van der Waals surface area contributed by atoms with Crippen molar-refractivity contribution in [2.24, 2.45) is 0 Å². The van der Waals surface area contributed by atoms with Crippen LogP contribution in [-0.2, 0) is 0 Å². The zero-order valence-corrected chi connectivity index (χ0v) is 13.2. The van der Waals surface area contributed by atoms with E-state index in [1.54, 1.807) is 12.1 Å². The number of hydrogen-bond acceptors (Lipinski definition) is 2. The standard InChI is InChI=1S/C11H7BrClIN2O/c1-5-9(14)11(17)16-10(15-5)7-3-2-6(13)4-8(7)12/h2-4H,1H3,(H,15,16,17). The van der Waals surface area contributed by atoms with Crippen molar-refractivity contribution in [2.75, 3.05) is 0 Å². The smallest absolute Gasteiger partial charge is 0.264 e. The van der Waals surface area contributed by atoms with Crippen LogP contribution in [0, 0.1) is 10.5 Å². The lowest BCUT2D eigenvalue weighted by Crippen LogP contribution is -2.14. The highest BCUT2D eigenvalue weighted by Gasteiger charge is 2.09. The number of rotatable bonds is 1. The van der Waals surface area contributed by atoms with Crippen molar-refractivity contribution in [1.82, 2.24) is 9.97 Å². The zero-order chi connectivity index (χ0) is 12.6. The number of aromatic amines is 1. The summed E-state index contributed by atoms with van der Waals surface area (Å²) in [6.45, 7) is 1.81. The molecule has 0 atom stereocenters. The van der Waals surface area contributed by atoms with E-state index >= 15 is 0 Å². The maximum absolute atomic E-state index is 11.7. The molecular formula is C11H7BrClIN2O. The summed E-state index contributed by atoms with van der Waals surface area (Å²) in [7, 11) is 0. The Hall–Kier alpha value is -0.400. The van der Waals surface area contributed by atoms with E-state index in [-0.39, 0.29) is 5.56 Å². The number of H-pyrrole nitrogens is 1. The summed E-state index contributed by atoms with van der Waals surface area (Å²) in [4.78, 5) is 18.8. The van der Waals surface area contributed by atoms with Crippen LogP contribution in [0.15, 0.2) is 27.5 Å². The van der Waals surface area contributed by atoms with Crippen LogP contribution in [0.3, 0.4) is 0 Å². The minimum absolute atomic E-state index is 0.130. The highest BCUT2D eigenvalue weighted by molar-refractivity contribution is 14.1. The van der Waals surface area contributed by atoms with Crippen molar-refractivity contribution in [3.63, 3.8) is 0 Å². The lowest BCUT2D eigenvalue weighted by atomic mass is 10.2. The van der Waals surface area contributed by atoms with Gasteiger partial charge in [-0.25, -0.2) is 4.98 Å². The molecule has 0 saturated heterocycles. The summed E-state index contributed by atoms with van der Waals surface area (Å²) < 4.78 is 1.41. The second-order valence-electron chi connectivity index (χ2n) is 3.44. The van der Waals surface area contributed by atoms with Gasteiger partial charge in [-0.15, -0.1) is 0 Å². The Morgan fingerprint density at radius 3 is 2.76 bits per heavy atom. The molecule has 6 heteroatoms. The molecule has 0 bridgehead atoms. The first-order chi connectivity index (χ1) is 7.99. The van der Waals surface area contributed by atoms with Gasteiger partial charge in [-0.1, -0.05) is 11.6 Å². The molecule has 1 N–H and O–H groups in total. The minimum Gasteiger partial charge on any atom is -0.306 e. The highest BCUT2D eigenvalue weighted by atomic mass is 127. The predicted molar refractivity (Wildman–Crippen MR) is 80.5 cm³/mol. The maximum Gasteiger partial charge on any atom is 0.264 e. The molecule has 0 spiro atoms. The quantitative estimate of drug-likeness (QED) is 0.708. The number of halogens is 3. The molecule has 0 aliphatic rings. The SMILES string of the molecule is Cc1nc(-c2ccc(Cl)cc2Br)[nH]c(=O)c1I. The van der Waals surface area contributed by atoms with E-state index in [0.717, 1.165) is 10.0 Å². The van der Waals surface area contributed by atoms with Crippen LogP contribution in [-0.4, -0.2) is 9.97 Å². The van der Waals surface area contributed by atoms with E-state index in [9.17, 15) is 4.79 Å². The summed E-state index contributed by atoms with van der Waals surface area (Å²) in [5.41, 5.74) is 1.40. The van der Waals surface area contributed by atoms with Crippen molar-refractivity contribution in [3.05, 3.63) is 47.3 Å². The van der Waals surface area contributed by atoms with E-state index in [2.05, 4.69) is 25.9 Å². The summed E-state index contributed by atoms with van der Waals surface area (Å²) in [5.74, 6) is 0.538. The van der Waals surface area contributed by atoms with Crippen molar-refractivity contribution in [2.45, 2.75) is 6.92 Å². The van der Waals surface area contributed by atoms with Gasteiger partial charge in [0.25, 0.3) is 5.56 Å². The first-order valence-corrected chi connectivity index (χ1v) is 6.96. The fourth-order valence-corrected chi connectivity index (χ4v) is 2.51. The van der Waals surface area contributed by atoms with Gasteiger partial charge in [-0.3, -0.25) is 4.79 Å². The van der Waals surface area contributed by atoms with Crippen molar-refractivity contribution < 1.29 is 0 Å². The third-order valence-electron chi connectivity index (χ3n) is 2.21. The van der Waals surface area contributed by atoms with Crippen LogP contribution >= 0.6 is 50.1 Å². The average molecular weight is 425 g/mol.